The maximum atomic E-state index is 13.3. The van der Waals surface area contributed by atoms with Crippen molar-refractivity contribution in [3.63, 3.8) is 0 Å². The normalized spacial score (nSPS) is 11.8. The number of carbonyl (C=O) groups excluding carboxylic acids is 2. The average Bonchev–Trinajstić information content (AvgIpc) is 3.33. The van der Waals surface area contributed by atoms with E-state index in [-0.39, 0.29) is 16.3 Å². The van der Waals surface area contributed by atoms with Crippen molar-refractivity contribution in [3.8, 4) is 10.6 Å². The molecule has 5 aromatic rings. The largest absolute Gasteiger partial charge is 0.478 e. The van der Waals surface area contributed by atoms with Crippen LogP contribution in [0.15, 0.2) is 78.9 Å². The van der Waals surface area contributed by atoms with Crippen LogP contribution in [0.5, 0.6) is 0 Å². The second kappa shape index (κ2) is 10.0. The summed E-state index contributed by atoms with van der Waals surface area (Å²) in [5.74, 6) is -2.48. The van der Waals surface area contributed by atoms with Gasteiger partial charge in [-0.3, -0.25) is 4.79 Å². The van der Waals surface area contributed by atoms with Crippen LogP contribution in [0, 0.1) is 0 Å². The Morgan fingerprint density at radius 2 is 1.76 bits per heavy atom. The zero-order chi connectivity index (χ0) is 26.1. The minimum Gasteiger partial charge on any atom is -0.478 e. The van der Waals surface area contributed by atoms with Crippen molar-refractivity contribution in [3.05, 3.63) is 95.0 Å². The van der Waals surface area contributed by atoms with Gasteiger partial charge in [0, 0.05) is 10.9 Å². The van der Waals surface area contributed by atoms with Crippen LogP contribution >= 0.6 is 22.9 Å². The van der Waals surface area contributed by atoms with Gasteiger partial charge in [0.1, 0.15) is 5.01 Å². The molecule has 0 aliphatic heterocycles. The van der Waals surface area contributed by atoms with Crippen molar-refractivity contribution in [1.82, 2.24) is 4.98 Å². The van der Waals surface area contributed by atoms with E-state index < -0.39 is 23.9 Å². The lowest BCUT2D eigenvalue weighted by molar-refractivity contribution is -0.123. The molecule has 1 aromatic heterocycles. The molecule has 1 amide bonds. The van der Waals surface area contributed by atoms with Crippen molar-refractivity contribution in [2.45, 2.75) is 13.0 Å². The van der Waals surface area contributed by atoms with Gasteiger partial charge in [-0.1, -0.05) is 54.1 Å². The highest BCUT2D eigenvalue weighted by Crippen LogP contribution is 2.36. The molecule has 7 nitrogen and oxygen atoms in total. The second-order valence-electron chi connectivity index (χ2n) is 8.23. The molecule has 184 valence electrons. The predicted molar refractivity (Wildman–Crippen MR) is 144 cm³/mol. The van der Waals surface area contributed by atoms with Crippen molar-refractivity contribution >= 4 is 67.5 Å². The van der Waals surface area contributed by atoms with Crippen molar-refractivity contribution in [2.75, 3.05) is 5.32 Å². The van der Waals surface area contributed by atoms with Crippen molar-refractivity contribution < 1.29 is 24.2 Å². The first-order valence-corrected chi connectivity index (χ1v) is 12.4. The number of nitrogens with one attached hydrogen (secondary N) is 1. The molecule has 2 N–H and O–H groups in total. The number of carboxylic acids is 1. The first kappa shape index (κ1) is 24.4. The molecule has 0 radical (unpaired) electrons. The highest BCUT2D eigenvalue weighted by molar-refractivity contribution is 7.21. The monoisotopic (exact) mass is 530 g/mol. The summed E-state index contributed by atoms with van der Waals surface area (Å²) in [5, 5.41) is 14.2. The second-order valence-corrected chi connectivity index (χ2v) is 9.67. The highest BCUT2D eigenvalue weighted by Gasteiger charge is 2.23. The summed E-state index contributed by atoms with van der Waals surface area (Å²) >= 11 is 7.63. The molecule has 4 aromatic carbocycles. The number of nitrogens with zero attached hydrogens (tertiary/aromatic N) is 1. The number of hydrogen-bond acceptors (Lipinski definition) is 6. The van der Waals surface area contributed by atoms with Gasteiger partial charge in [0.2, 0.25) is 0 Å². The molecule has 37 heavy (non-hydrogen) atoms. The van der Waals surface area contributed by atoms with Gasteiger partial charge in [-0.2, -0.15) is 0 Å². The van der Waals surface area contributed by atoms with Gasteiger partial charge in [0.05, 0.1) is 32.1 Å². The van der Waals surface area contributed by atoms with Crippen LogP contribution in [-0.2, 0) is 9.53 Å². The summed E-state index contributed by atoms with van der Waals surface area (Å²) in [5.41, 5.74) is 2.04. The minimum absolute atomic E-state index is 0.0394. The van der Waals surface area contributed by atoms with Crippen molar-refractivity contribution in [1.29, 1.82) is 0 Å². The van der Waals surface area contributed by atoms with E-state index in [0.717, 1.165) is 26.2 Å². The third-order valence-corrected chi connectivity index (χ3v) is 7.17. The summed E-state index contributed by atoms with van der Waals surface area (Å²) in [7, 11) is 0. The van der Waals surface area contributed by atoms with E-state index in [2.05, 4.69) is 5.32 Å². The molecular weight excluding hydrogens is 512 g/mol. The van der Waals surface area contributed by atoms with Crippen LogP contribution in [0.1, 0.15) is 27.6 Å². The summed E-state index contributed by atoms with van der Waals surface area (Å²) in [4.78, 5) is 42.0. The van der Waals surface area contributed by atoms with Gasteiger partial charge in [-0.05, 0) is 48.7 Å². The van der Waals surface area contributed by atoms with E-state index in [9.17, 15) is 19.5 Å². The number of esters is 1. The maximum Gasteiger partial charge on any atom is 0.339 e. The number of thiazole rings is 1. The van der Waals surface area contributed by atoms with Crippen LogP contribution in [0.2, 0.25) is 5.02 Å². The molecule has 0 aliphatic rings. The number of anilines is 1. The first-order valence-electron chi connectivity index (χ1n) is 11.2. The average molecular weight is 531 g/mol. The van der Waals surface area contributed by atoms with E-state index in [4.69, 9.17) is 21.3 Å². The number of halogens is 1. The van der Waals surface area contributed by atoms with E-state index in [0.29, 0.717) is 10.9 Å². The number of hydrogen-bond donors (Lipinski definition) is 2. The number of carboxylic acid groups (broad SMARTS) is 1. The molecular formula is C28H19ClN2O5S. The number of rotatable bonds is 6. The quantitative estimate of drug-likeness (QED) is 0.238. The Morgan fingerprint density at radius 3 is 2.51 bits per heavy atom. The van der Waals surface area contributed by atoms with E-state index in [1.54, 1.807) is 12.1 Å². The third-order valence-electron chi connectivity index (χ3n) is 5.77. The number of aromatic nitrogens is 1. The number of ether oxygens (including phenoxy) is 1. The van der Waals surface area contributed by atoms with Gasteiger partial charge in [0.15, 0.2) is 6.10 Å². The van der Waals surface area contributed by atoms with Gasteiger partial charge >= 0.3 is 11.9 Å². The lowest BCUT2D eigenvalue weighted by Gasteiger charge is -2.16. The fourth-order valence-electron chi connectivity index (χ4n) is 3.94. The highest BCUT2D eigenvalue weighted by atomic mass is 35.5. The fraction of sp³-hybridized carbons (Fsp3) is 0.0714. The molecule has 0 fully saturated rings. The van der Waals surface area contributed by atoms with Crippen molar-refractivity contribution in [2.24, 2.45) is 0 Å². The Hall–Kier alpha value is -4.27. The number of para-hydroxylation sites is 1. The number of carbonyl (C=O) groups is 3. The Bertz CT molecular complexity index is 1660. The maximum absolute atomic E-state index is 13.3. The zero-order valence-corrected chi connectivity index (χ0v) is 21.0. The van der Waals surface area contributed by atoms with Crippen LogP contribution in [-0.4, -0.2) is 34.0 Å². The van der Waals surface area contributed by atoms with Crippen LogP contribution in [0.25, 0.3) is 31.6 Å². The lowest BCUT2D eigenvalue weighted by atomic mass is 9.99. The number of aromatic carboxylic acids is 1. The fourth-order valence-corrected chi connectivity index (χ4v) is 5.10. The van der Waals surface area contributed by atoms with Gasteiger partial charge in [-0.15, -0.1) is 11.3 Å². The Kier molecular flexibility index (Phi) is 6.60. The zero-order valence-electron chi connectivity index (χ0n) is 19.4. The Labute approximate surface area is 220 Å². The van der Waals surface area contributed by atoms with Crippen LogP contribution < -0.4 is 5.32 Å². The first-order chi connectivity index (χ1) is 17.8. The summed E-state index contributed by atoms with van der Waals surface area (Å²) in [6, 6.07) is 22.8. The molecule has 1 heterocycles. The molecule has 1 unspecified atom stereocenters. The third kappa shape index (κ3) is 4.89. The molecule has 0 bridgehead atoms. The molecule has 0 saturated heterocycles. The standard InChI is InChI=1S/C28H19ClN2O5S/c1-15(25(32)30-22-14-17(27(33)34)12-13-20(22)29)36-28(35)19-9-5-7-16-6-4-8-18(24(16)19)26-31-21-10-2-3-11-23(21)37-26/h2-15H,1H3,(H,30,32)(H,33,34). The van der Waals surface area contributed by atoms with Gasteiger partial charge in [0.25, 0.3) is 5.91 Å². The molecule has 9 heteroatoms. The molecule has 1 atom stereocenters. The minimum atomic E-state index is -1.18. The number of benzene rings is 4. The summed E-state index contributed by atoms with van der Waals surface area (Å²) < 4.78 is 6.55. The lowest BCUT2D eigenvalue weighted by Crippen LogP contribution is -2.30. The van der Waals surface area contributed by atoms with Crippen LogP contribution in [0.4, 0.5) is 5.69 Å². The van der Waals surface area contributed by atoms with E-state index in [1.807, 2.05) is 48.5 Å². The molecule has 0 aliphatic carbocycles. The number of amides is 1. The van der Waals surface area contributed by atoms with Gasteiger partial charge in [-0.25, -0.2) is 14.6 Å². The molecule has 0 saturated carbocycles. The van der Waals surface area contributed by atoms with Crippen LogP contribution in [0.3, 0.4) is 0 Å². The Balaban J connectivity index is 1.43. The topological polar surface area (TPSA) is 106 Å². The Morgan fingerprint density at radius 1 is 1.00 bits per heavy atom. The predicted octanol–water partition coefficient (Wildman–Crippen LogP) is 6.65. The van der Waals surface area contributed by atoms with E-state index >= 15 is 0 Å². The smallest absolute Gasteiger partial charge is 0.339 e. The summed E-state index contributed by atoms with van der Waals surface area (Å²) in [6.07, 6.45) is -1.18. The van der Waals surface area contributed by atoms with Gasteiger partial charge < -0.3 is 15.2 Å². The number of fused-ring (bicyclic) bond motifs is 2. The van der Waals surface area contributed by atoms with E-state index in [1.165, 1.54) is 36.5 Å². The molecule has 5 rings (SSSR count). The SMILES string of the molecule is CC(OC(=O)c1cccc2cccc(-c3nc4ccccc4s3)c12)C(=O)Nc1cc(C(=O)O)ccc1Cl. The molecule has 0 spiro atoms. The summed E-state index contributed by atoms with van der Waals surface area (Å²) in [6.45, 7) is 1.43.